The molecule has 0 aliphatic rings. The predicted octanol–water partition coefficient (Wildman–Crippen LogP) is 3.25. The van der Waals surface area contributed by atoms with Gasteiger partial charge < -0.3 is 10.2 Å². The molecule has 0 aliphatic carbocycles. The van der Waals surface area contributed by atoms with E-state index in [1.54, 1.807) is 12.1 Å². The fourth-order valence-electron chi connectivity index (χ4n) is 3.20. The first-order valence-corrected chi connectivity index (χ1v) is 9.55. The second-order valence-corrected chi connectivity index (χ2v) is 6.88. The van der Waals surface area contributed by atoms with Crippen LogP contribution >= 0.6 is 0 Å². The van der Waals surface area contributed by atoms with Gasteiger partial charge in [-0.1, -0.05) is 42.5 Å². The summed E-state index contributed by atoms with van der Waals surface area (Å²) in [6.45, 7) is 2.41. The SMILES string of the molecule is Cc1ncnc2c1c(NCc1ccc([N+](=O)[O-])cc1)cc(=O)n2OCc1ccccc1. The Labute approximate surface area is 177 Å². The first-order valence-electron chi connectivity index (χ1n) is 9.55. The lowest BCUT2D eigenvalue weighted by atomic mass is 10.2. The summed E-state index contributed by atoms with van der Waals surface area (Å²) < 4.78 is 1.17. The fraction of sp³-hybridized carbons (Fsp3) is 0.136. The molecule has 9 heteroatoms. The topological polar surface area (TPSA) is 112 Å². The quantitative estimate of drug-likeness (QED) is 0.363. The number of aryl methyl sites for hydroxylation is 1. The molecule has 2 aromatic carbocycles. The van der Waals surface area contributed by atoms with Gasteiger partial charge in [0.1, 0.15) is 12.9 Å². The summed E-state index contributed by atoms with van der Waals surface area (Å²) in [6.07, 6.45) is 1.39. The Bertz CT molecular complexity index is 1290. The van der Waals surface area contributed by atoms with Gasteiger partial charge in [0, 0.05) is 24.7 Å². The van der Waals surface area contributed by atoms with E-state index in [4.69, 9.17) is 4.84 Å². The number of pyridine rings is 1. The monoisotopic (exact) mass is 417 g/mol. The summed E-state index contributed by atoms with van der Waals surface area (Å²) in [5.41, 5.74) is 3.03. The van der Waals surface area contributed by atoms with Gasteiger partial charge in [-0.05, 0) is 18.1 Å². The number of hydrogen-bond donors (Lipinski definition) is 1. The van der Waals surface area contributed by atoms with Crippen molar-refractivity contribution in [2.75, 3.05) is 5.32 Å². The van der Waals surface area contributed by atoms with Gasteiger partial charge in [-0.2, -0.15) is 0 Å². The van der Waals surface area contributed by atoms with Crippen molar-refractivity contribution in [2.45, 2.75) is 20.1 Å². The summed E-state index contributed by atoms with van der Waals surface area (Å²) in [7, 11) is 0. The minimum atomic E-state index is -0.444. The lowest BCUT2D eigenvalue weighted by Gasteiger charge is -2.15. The molecule has 2 aromatic heterocycles. The second kappa shape index (κ2) is 8.62. The maximum atomic E-state index is 12.8. The molecule has 4 aromatic rings. The Balaban J connectivity index is 1.63. The van der Waals surface area contributed by atoms with E-state index in [0.717, 1.165) is 11.1 Å². The molecule has 0 radical (unpaired) electrons. The van der Waals surface area contributed by atoms with E-state index < -0.39 is 4.92 Å². The third-order valence-electron chi connectivity index (χ3n) is 4.78. The number of non-ortho nitro benzene ring substituents is 1. The lowest BCUT2D eigenvalue weighted by molar-refractivity contribution is -0.384. The number of nitrogens with one attached hydrogen (secondary N) is 1. The highest BCUT2D eigenvalue weighted by atomic mass is 16.7. The van der Waals surface area contributed by atoms with Crippen LogP contribution in [0.3, 0.4) is 0 Å². The molecule has 1 N–H and O–H groups in total. The van der Waals surface area contributed by atoms with E-state index in [0.29, 0.717) is 29.0 Å². The average Bonchev–Trinajstić information content (AvgIpc) is 2.78. The van der Waals surface area contributed by atoms with Gasteiger partial charge in [-0.25, -0.2) is 9.97 Å². The van der Waals surface area contributed by atoms with Crippen LogP contribution in [0.5, 0.6) is 0 Å². The Morgan fingerprint density at radius 3 is 2.52 bits per heavy atom. The van der Waals surface area contributed by atoms with Crippen LogP contribution in [0.2, 0.25) is 0 Å². The number of rotatable bonds is 7. The third-order valence-corrected chi connectivity index (χ3v) is 4.78. The van der Waals surface area contributed by atoms with E-state index in [9.17, 15) is 14.9 Å². The van der Waals surface area contributed by atoms with E-state index in [1.807, 2.05) is 37.3 Å². The predicted molar refractivity (Wildman–Crippen MR) is 116 cm³/mol. The number of anilines is 1. The molecule has 0 bridgehead atoms. The maximum absolute atomic E-state index is 12.8. The van der Waals surface area contributed by atoms with Crippen LogP contribution in [0.25, 0.3) is 11.0 Å². The van der Waals surface area contributed by atoms with Crippen molar-refractivity contribution in [1.82, 2.24) is 14.7 Å². The lowest BCUT2D eigenvalue weighted by Crippen LogP contribution is -2.28. The zero-order valence-electron chi connectivity index (χ0n) is 16.7. The molecule has 0 unspecified atom stereocenters. The van der Waals surface area contributed by atoms with Crippen LogP contribution in [0.15, 0.2) is 71.8 Å². The van der Waals surface area contributed by atoms with Gasteiger partial charge in [0.15, 0.2) is 5.65 Å². The number of nitro benzene ring substituents is 1. The van der Waals surface area contributed by atoms with Crippen LogP contribution in [0, 0.1) is 17.0 Å². The molecule has 0 amide bonds. The van der Waals surface area contributed by atoms with Gasteiger partial charge in [-0.3, -0.25) is 14.9 Å². The number of benzene rings is 2. The minimum Gasteiger partial charge on any atom is -0.404 e. The molecule has 9 nitrogen and oxygen atoms in total. The molecule has 4 rings (SSSR count). The van der Waals surface area contributed by atoms with Crippen molar-refractivity contribution in [3.05, 3.63) is 104 Å². The first-order chi connectivity index (χ1) is 15.0. The largest absolute Gasteiger partial charge is 0.404 e. The fourth-order valence-corrected chi connectivity index (χ4v) is 3.20. The number of hydrogen-bond acceptors (Lipinski definition) is 7. The summed E-state index contributed by atoms with van der Waals surface area (Å²) in [6, 6.07) is 17.2. The number of nitrogens with zero attached hydrogens (tertiary/aromatic N) is 4. The van der Waals surface area contributed by atoms with E-state index in [-0.39, 0.29) is 17.9 Å². The van der Waals surface area contributed by atoms with Crippen molar-refractivity contribution in [3.8, 4) is 0 Å². The zero-order chi connectivity index (χ0) is 21.8. The van der Waals surface area contributed by atoms with Crippen molar-refractivity contribution >= 4 is 22.4 Å². The molecule has 31 heavy (non-hydrogen) atoms. The smallest absolute Gasteiger partial charge is 0.287 e. The highest BCUT2D eigenvalue weighted by Crippen LogP contribution is 2.23. The van der Waals surface area contributed by atoms with Gasteiger partial charge in [-0.15, -0.1) is 4.73 Å². The summed E-state index contributed by atoms with van der Waals surface area (Å²) in [4.78, 5) is 37.4. The highest BCUT2D eigenvalue weighted by Gasteiger charge is 2.14. The molecule has 0 fully saturated rings. The molecule has 0 aliphatic heterocycles. The van der Waals surface area contributed by atoms with Crippen molar-refractivity contribution in [1.29, 1.82) is 0 Å². The average molecular weight is 417 g/mol. The highest BCUT2D eigenvalue weighted by molar-refractivity contribution is 5.90. The molecule has 0 saturated carbocycles. The minimum absolute atomic E-state index is 0.0246. The Morgan fingerprint density at radius 1 is 1.06 bits per heavy atom. The van der Waals surface area contributed by atoms with Crippen LogP contribution < -0.4 is 15.7 Å². The van der Waals surface area contributed by atoms with Gasteiger partial charge >= 0.3 is 0 Å². The van der Waals surface area contributed by atoms with Crippen molar-refractivity contribution < 1.29 is 9.76 Å². The number of nitro groups is 1. The molecule has 156 valence electrons. The maximum Gasteiger partial charge on any atom is 0.287 e. The van der Waals surface area contributed by atoms with Crippen molar-refractivity contribution in [2.24, 2.45) is 0 Å². The van der Waals surface area contributed by atoms with E-state index >= 15 is 0 Å². The zero-order valence-corrected chi connectivity index (χ0v) is 16.7. The Morgan fingerprint density at radius 2 is 1.81 bits per heavy atom. The van der Waals surface area contributed by atoms with Crippen LogP contribution in [-0.4, -0.2) is 19.6 Å². The molecule has 2 heterocycles. The molecule has 0 atom stereocenters. The second-order valence-electron chi connectivity index (χ2n) is 6.88. The van der Waals surface area contributed by atoms with Crippen LogP contribution in [-0.2, 0) is 13.2 Å². The summed E-state index contributed by atoms with van der Waals surface area (Å²) in [5, 5.41) is 14.7. The van der Waals surface area contributed by atoms with Crippen molar-refractivity contribution in [3.63, 3.8) is 0 Å². The van der Waals surface area contributed by atoms with Gasteiger partial charge in [0.05, 0.1) is 21.7 Å². The molecular formula is C22H19N5O4. The van der Waals surface area contributed by atoms with Crippen LogP contribution in [0.1, 0.15) is 16.8 Å². The Hall–Kier alpha value is -4.27. The first kappa shape index (κ1) is 20.0. The normalized spacial score (nSPS) is 10.7. The Kier molecular flexibility index (Phi) is 5.57. The number of fused-ring (bicyclic) bond motifs is 1. The van der Waals surface area contributed by atoms with Gasteiger partial charge in [0.25, 0.3) is 11.2 Å². The van der Waals surface area contributed by atoms with Gasteiger partial charge in [0.2, 0.25) is 0 Å². The third kappa shape index (κ3) is 4.35. The molecule has 0 saturated heterocycles. The van der Waals surface area contributed by atoms with E-state index in [2.05, 4.69) is 15.3 Å². The van der Waals surface area contributed by atoms with E-state index in [1.165, 1.54) is 29.3 Å². The van der Waals surface area contributed by atoms with Crippen LogP contribution in [0.4, 0.5) is 11.4 Å². The molecule has 0 spiro atoms. The molecular weight excluding hydrogens is 398 g/mol. The summed E-state index contributed by atoms with van der Waals surface area (Å²) in [5.74, 6) is 0. The summed E-state index contributed by atoms with van der Waals surface area (Å²) >= 11 is 0. The standard InChI is InChI=1S/C22H19N5O4/c1-15-21-19(23-12-16-7-9-18(10-8-16)27(29)30)11-20(28)26(22(21)25-14-24-15)31-13-17-5-3-2-4-6-17/h2-11,14,23H,12-13H2,1H3. The number of aromatic nitrogens is 3.